The van der Waals surface area contributed by atoms with Crippen molar-refractivity contribution in [2.24, 2.45) is 0 Å². The Balaban J connectivity index is 1.36. The Bertz CT molecular complexity index is 708. The number of nitrogens with zero attached hydrogens (tertiary/aromatic N) is 5. The highest BCUT2D eigenvalue weighted by molar-refractivity contribution is 5.32. The Labute approximate surface area is 134 Å². The molecule has 0 spiro atoms. The molecule has 1 aromatic heterocycles. The predicted molar refractivity (Wildman–Crippen MR) is 84.0 cm³/mol. The summed E-state index contributed by atoms with van der Waals surface area (Å²) in [5, 5.41) is 19.3. The van der Waals surface area contributed by atoms with Gasteiger partial charge in [-0.15, -0.1) is 5.10 Å². The van der Waals surface area contributed by atoms with Gasteiger partial charge < -0.3 is 0 Å². The molecular formula is C16H19N5O2. The van der Waals surface area contributed by atoms with Crippen molar-refractivity contribution in [3.8, 4) is 0 Å². The number of nitro groups is 1. The fourth-order valence-electron chi connectivity index (χ4n) is 3.19. The van der Waals surface area contributed by atoms with Crippen LogP contribution in [0.15, 0.2) is 30.5 Å². The summed E-state index contributed by atoms with van der Waals surface area (Å²) in [6.45, 7) is 2.78. The second kappa shape index (κ2) is 5.73. The molecule has 1 saturated carbocycles. The van der Waals surface area contributed by atoms with Crippen molar-refractivity contribution < 1.29 is 4.92 Å². The molecular weight excluding hydrogens is 294 g/mol. The van der Waals surface area contributed by atoms with E-state index < -0.39 is 0 Å². The van der Waals surface area contributed by atoms with Crippen LogP contribution in [0.2, 0.25) is 0 Å². The maximum Gasteiger partial charge on any atom is 0.269 e. The lowest BCUT2D eigenvalue weighted by atomic mass is 10.2. The molecule has 0 N–H and O–H groups in total. The lowest BCUT2D eigenvalue weighted by molar-refractivity contribution is -0.384. The molecule has 23 heavy (non-hydrogen) atoms. The summed E-state index contributed by atoms with van der Waals surface area (Å²) in [5.74, 6) is 0.640. The van der Waals surface area contributed by atoms with Gasteiger partial charge in [0.05, 0.1) is 16.7 Å². The average molecular weight is 313 g/mol. The second-order valence-electron chi connectivity index (χ2n) is 6.50. The van der Waals surface area contributed by atoms with Gasteiger partial charge in [-0.05, 0) is 24.8 Å². The number of hydrogen-bond donors (Lipinski definition) is 0. The zero-order chi connectivity index (χ0) is 15.8. The average Bonchev–Trinajstić information content (AvgIpc) is 3.09. The number of nitro benzene ring substituents is 1. The molecule has 1 saturated heterocycles. The fourth-order valence-corrected chi connectivity index (χ4v) is 3.19. The van der Waals surface area contributed by atoms with Crippen molar-refractivity contribution >= 4 is 5.69 Å². The molecule has 0 radical (unpaired) electrons. The van der Waals surface area contributed by atoms with Gasteiger partial charge in [0, 0.05) is 43.9 Å². The first kappa shape index (κ1) is 14.3. The van der Waals surface area contributed by atoms with E-state index >= 15 is 0 Å². The van der Waals surface area contributed by atoms with Gasteiger partial charge in [0.15, 0.2) is 0 Å². The zero-order valence-electron chi connectivity index (χ0n) is 12.8. The van der Waals surface area contributed by atoms with E-state index in [9.17, 15) is 10.1 Å². The highest BCUT2D eigenvalue weighted by Gasteiger charge is 2.29. The summed E-state index contributed by atoms with van der Waals surface area (Å²) >= 11 is 0. The van der Waals surface area contributed by atoms with Gasteiger partial charge >= 0.3 is 0 Å². The van der Waals surface area contributed by atoms with Crippen LogP contribution in [0.3, 0.4) is 0 Å². The number of benzene rings is 1. The molecule has 0 bridgehead atoms. The van der Waals surface area contributed by atoms with E-state index in [-0.39, 0.29) is 10.6 Å². The van der Waals surface area contributed by atoms with Crippen molar-refractivity contribution in [1.29, 1.82) is 0 Å². The SMILES string of the molecule is O=[N+]([O-])c1ccc(CN2CCC(n3cc(C4CC4)nn3)C2)cc1. The summed E-state index contributed by atoms with van der Waals surface area (Å²) in [5.41, 5.74) is 2.38. The Kier molecular flexibility index (Phi) is 3.57. The molecule has 2 heterocycles. The van der Waals surface area contributed by atoms with Crippen LogP contribution < -0.4 is 0 Å². The fraction of sp³-hybridized carbons (Fsp3) is 0.500. The summed E-state index contributed by atoms with van der Waals surface area (Å²) in [7, 11) is 0. The van der Waals surface area contributed by atoms with E-state index in [4.69, 9.17) is 0 Å². The quantitative estimate of drug-likeness (QED) is 0.626. The first-order chi connectivity index (χ1) is 11.2. The molecule has 1 unspecified atom stereocenters. The summed E-state index contributed by atoms with van der Waals surface area (Å²) in [6.07, 6.45) is 5.67. The first-order valence-electron chi connectivity index (χ1n) is 8.06. The molecule has 2 fully saturated rings. The first-order valence-corrected chi connectivity index (χ1v) is 8.06. The van der Waals surface area contributed by atoms with Crippen molar-refractivity contribution in [1.82, 2.24) is 19.9 Å². The van der Waals surface area contributed by atoms with Gasteiger partial charge in [0.1, 0.15) is 0 Å². The van der Waals surface area contributed by atoms with E-state index in [2.05, 4.69) is 21.4 Å². The topological polar surface area (TPSA) is 77.1 Å². The Morgan fingerprint density at radius 3 is 2.70 bits per heavy atom. The van der Waals surface area contributed by atoms with Crippen LogP contribution in [-0.4, -0.2) is 37.9 Å². The maximum absolute atomic E-state index is 10.7. The Morgan fingerprint density at radius 1 is 1.22 bits per heavy atom. The van der Waals surface area contributed by atoms with E-state index in [1.165, 1.54) is 12.8 Å². The number of hydrogen-bond acceptors (Lipinski definition) is 5. The summed E-state index contributed by atoms with van der Waals surface area (Å²) in [4.78, 5) is 12.7. The molecule has 4 rings (SSSR count). The highest BCUT2D eigenvalue weighted by Crippen LogP contribution is 2.39. The van der Waals surface area contributed by atoms with Crippen molar-refractivity contribution in [3.05, 3.63) is 51.8 Å². The van der Waals surface area contributed by atoms with Gasteiger partial charge in [-0.1, -0.05) is 17.3 Å². The standard InChI is InChI=1S/C16H19N5O2/c22-21(23)14-5-1-12(2-6-14)9-19-8-7-15(10-19)20-11-16(17-18-20)13-3-4-13/h1-2,5-6,11,13,15H,3-4,7-10H2. The normalized spacial score (nSPS) is 21.7. The molecule has 2 aliphatic rings. The third-order valence-corrected chi connectivity index (χ3v) is 4.70. The molecule has 1 atom stereocenters. The second-order valence-corrected chi connectivity index (χ2v) is 6.50. The predicted octanol–water partition coefficient (Wildman–Crippen LogP) is 2.51. The van der Waals surface area contributed by atoms with Gasteiger partial charge in [-0.25, -0.2) is 4.68 Å². The highest BCUT2D eigenvalue weighted by atomic mass is 16.6. The van der Waals surface area contributed by atoms with Crippen molar-refractivity contribution in [2.75, 3.05) is 13.1 Å². The van der Waals surface area contributed by atoms with E-state index in [0.717, 1.165) is 37.3 Å². The molecule has 1 aliphatic carbocycles. The number of likely N-dealkylation sites (tertiary alicyclic amines) is 1. The zero-order valence-corrected chi connectivity index (χ0v) is 12.8. The van der Waals surface area contributed by atoms with Crippen LogP contribution in [0.1, 0.15) is 42.5 Å². The third kappa shape index (κ3) is 3.10. The minimum Gasteiger partial charge on any atom is -0.297 e. The molecule has 7 heteroatoms. The summed E-state index contributed by atoms with van der Waals surface area (Å²) in [6, 6.07) is 7.20. The molecule has 2 aromatic rings. The van der Waals surface area contributed by atoms with Crippen LogP contribution in [0.5, 0.6) is 0 Å². The van der Waals surface area contributed by atoms with E-state index in [1.807, 2.05) is 16.8 Å². The molecule has 0 amide bonds. The monoisotopic (exact) mass is 313 g/mol. The van der Waals surface area contributed by atoms with E-state index in [0.29, 0.717) is 12.0 Å². The van der Waals surface area contributed by atoms with Crippen molar-refractivity contribution in [3.63, 3.8) is 0 Å². The number of rotatable bonds is 5. The number of aromatic nitrogens is 3. The van der Waals surface area contributed by atoms with Crippen LogP contribution in [0.4, 0.5) is 5.69 Å². The molecule has 120 valence electrons. The third-order valence-electron chi connectivity index (χ3n) is 4.70. The minimum absolute atomic E-state index is 0.142. The van der Waals surface area contributed by atoms with E-state index in [1.54, 1.807) is 12.1 Å². The van der Waals surface area contributed by atoms with Crippen LogP contribution in [0, 0.1) is 10.1 Å². The lowest BCUT2D eigenvalue weighted by Gasteiger charge is -2.15. The van der Waals surface area contributed by atoms with Crippen LogP contribution in [-0.2, 0) is 6.54 Å². The van der Waals surface area contributed by atoms with Crippen molar-refractivity contribution in [2.45, 2.75) is 37.8 Å². The maximum atomic E-state index is 10.7. The molecule has 1 aliphatic heterocycles. The molecule has 1 aromatic carbocycles. The minimum atomic E-state index is -0.363. The Morgan fingerprint density at radius 2 is 2.00 bits per heavy atom. The van der Waals surface area contributed by atoms with Gasteiger partial charge in [0.2, 0.25) is 0 Å². The molecule has 7 nitrogen and oxygen atoms in total. The lowest BCUT2D eigenvalue weighted by Crippen LogP contribution is -2.21. The van der Waals surface area contributed by atoms with Gasteiger partial charge in [0.25, 0.3) is 5.69 Å². The van der Waals surface area contributed by atoms with Gasteiger partial charge in [-0.2, -0.15) is 0 Å². The largest absolute Gasteiger partial charge is 0.297 e. The van der Waals surface area contributed by atoms with Crippen LogP contribution in [0.25, 0.3) is 0 Å². The van der Waals surface area contributed by atoms with Gasteiger partial charge in [-0.3, -0.25) is 15.0 Å². The smallest absolute Gasteiger partial charge is 0.269 e. The summed E-state index contributed by atoms with van der Waals surface area (Å²) < 4.78 is 2.02. The number of non-ortho nitro benzene ring substituents is 1. The Hall–Kier alpha value is -2.28. The van der Waals surface area contributed by atoms with Crippen LogP contribution >= 0.6 is 0 Å².